The molecule has 0 bridgehead atoms. The van der Waals surface area contributed by atoms with E-state index in [-0.39, 0.29) is 11.5 Å². The average Bonchev–Trinajstić information content (AvgIpc) is 3.32. The largest absolute Gasteiger partial charge is 0.459 e. The first-order valence-electron chi connectivity index (χ1n) is 7.60. The van der Waals surface area contributed by atoms with Gasteiger partial charge in [-0.2, -0.15) is 0 Å². The molecule has 0 aliphatic rings. The van der Waals surface area contributed by atoms with Crippen LogP contribution in [-0.4, -0.2) is 29.4 Å². The van der Waals surface area contributed by atoms with E-state index in [1.807, 2.05) is 31.2 Å². The Morgan fingerprint density at radius 1 is 1.19 bits per heavy atom. The number of rotatable bonds is 5. The number of hydrogen-bond acceptors (Lipinski definition) is 7. The predicted molar refractivity (Wildman–Crippen MR) is 93.8 cm³/mol. The smallest absolute Gasteiger partial charge is 0.358 e. The monoisotopic (exact) mass is 370 g/mol. The zero-order valence-electron chi connectivity index (χ0n) is 13.7. The van der Waals surface area contributed by atoms with Crippen molar-refractivity contribution in [3.05, 3.63) is 65.1 Å². The van der Waals surface area contributed by atoms with Gasteiger partial charge in [0.15, 0.2) is 18.1 Å². The van der Waals surface area contributed by atoms with Crippen molar-refractivity contribution < 1.29 is 23.5 Å². The van der Waals surface area contributed by atoms with Crippen molar-refractivity contribution in [3.8, 4) is 10.6 Å². The number of benzene rings is 1. The second-order valence-electron chi connectivity index (χ2n) is 5.33. The number of esters is 1. The van der Waals surface area contributed by atoms with Crippen LogP contribution in [0.4, 0.5) is 0 Å². The van der Waals surface area contributed by atoms with Gasteiger partial charge in [-0.05, 0) is 19.1 Å². The van der Waals surface area contributed by atoms with E-state index in [1.165, 1.54) is 29.7 Å². The van der Waals surface area contributed by atoms with Crippen LogP contribution >= 0.6 is 11.3 Å². The lowest BCUT2D eigenvalue weighted by Crippen LogP contribution is -2.34. The van der Waals surface area contributed by atoms with Gasteiger partial charge in [0.2, 0.25) is 0 Å². The number of carbonyl (C=O) groups excluding carboxylic acids is 3. The minimum absolute atomic E-state index is 0.00748. The first-order valence-corrected chi connectivity index (χ1v) is 8.48. The molecule has 7 nitrogen and oxygen atoms in total. The quantitative estimate of drug-likeness (QED) is 0.694. The molecule has 0 fully saturated rings. The van der Waals surface area contributed by atoms with Crippen LogP contribution in [0.25, 0.3) is 10.6 Å². The summed E-state index contributed by atoms with van der Waals surface area (Å²) in [6.45, 7) is 1.39. The molecule has 3 aromatic rings. The van der Waals surface area contributed by atoms with Crippen molar-refractivity contribution in [1.82, 2.24) is 10.3 Å². The average molecular weight is 370 g/mol. The third kappa shape index (κ3) is 4.22. The number of imide groups is 1. The van der Waals surface area contributed by atoms with E-state index in [4.69, 9.17) is 9.15 Å². The maximum absolute atomic E-state index is 12.0. The highest BCUT2D eigenvalue weighted by Crippen LogP contribution is 2.24. The molecule has 0 radical (unpaired) electrons. The number of nitrogens with one attached hydrogen (secondary N) is 1. The first-order chi connectivity index (χ1) is 12.5. The maximum Gasteiger partial charge on any atom is 0.358 e. The SMILES string of the molecule is Cc1ccc(-c2nc(C(=O)OCC(=O)NC(=O)c3ccco3)cs2)cc1. The van der Waals surface area contributed by atoms with Crippen molar-refractivity contribution in [1.29, 1.82) is 0 Å². The molecule has 26 heavy (non-hydrogen) atoms. The van der Waals surface area contributed by atoms with E-state index in [9.17, 15) is 14.4 Å². The van der Waals surface area contributed by atoms with Crippen molar-refractivity contribution >= 4 is 29.1 Å². The first kappa shape index (κ1) is 17.6. The number of hydrogen-bond donors (Lipinski definition) is 1. The van der Waals surface area contributed by atoms with E-state index in [2.05, 4.69) is 10.3 Å². The summed E-state index contributed by atoms with van der Waals surface area (Å²) in [5, 5.41) is 4.29. The Balaban J connectivity index is 1.54. The summed E-state index contributed by atoms with van der Waals surface area (Å²) in [5.74, 6) is -2.20. The summed E-state index contributed by atoms with van der Waals surface area (Å²) in [5.41, 5.74) is 2.12. The number of carbonyl (C=O) groups is 3. The Morgan fingerprint density at radius 3 is 2.65 bits per heavy atom. The number of amides is 2. The highest BCUT2D eigenvalue weighted by Gasteiger charge is 2.17. The summed E-state index contributed by atoms with van der Waals surface area (Å²) in [6, 6.07) is 10.7. The number of furan rings is 1. The molecule has 1 N–H and O–H groups in total. The van der Waals surface area contributed by atoms with Crippen LogP contribution in [0.1, 0.15) is 26.6 Å². The van der Waals surface area contributed by atoms with Crippen molar-refractivity contribution in [2.24, 2.45) is 0 Å². The zero-order valence-corrected chi connectivity index (χ0v) is 14.5. The van der Waals surface area contributed by atoms with E-state index in [0.29, 0.717) is 5.01 Å². The molecule has 8 heteroatoms. The standard InChI is InChI=1S/C18H14N2O5S/c1-11-4-6-12(7-5-11)17-19-13(10-26-17)18(23)25-9-15(21)20-16(22)14-3-2-8-24-14/h2-8,10H,9H2,1H3,(H,20,21,22). The molecule has 0 saturated carbocycles. The van der Waals surface area contributed by atoms with E-state index in [0.717, 1.165) is 11.1 Å². The van der Waals surface area contributed by atoms with Crippen molar-refractivity contribution in [2.45, 2.75) is 6.92 Å². The molecule has 0 aliphatic carbocycles. The molecular weight excluding hydrogens is 356 g/mol. The van der Waals surface area contributed by atoms with Crippen LogP contribution in [0.3, 0.4) is 0 Å². The summed E-state index contributed by atoms with van der Waals surface area (Å²) >= 11 is 1.30. The summed E-state index contributed by atoms with van der Waals surface area (Å²) < 4.78 is 9.75. The molecule has 0 unspecified atom stereocenters. The van der Waals surface area contributed by atoms with Gasteiger partial charge in [0, 0.05) is 10.9 Å². The van der Waals surface area contributed by atoms with Gasteiger partial charge in [0.25, 0.3) is 11.8 Å². The second-order valence-corrected chi connectivity index (χ2v) is 6.19. The van der Waals surface area contributed by atoms with E-state index >= 15 is 0 Å². The van der Waals surface area contributed by atoms with Gasteiger partial charge in [0.05, 0.1) is 6.26 Å². The minimum atomic E-state index is -0.756. The Hall–Kier alpha value is -3.26. The van der Waals surface area contributed by atoms with Gasteiger partial charge in [-0.1, -0.05) is 29.8 Å². The van der Waals surface area contributed by atoms with Gasteiger partial charge in [0.1, 0.15) is 5.01 Å². The highest BCUT2D eigenvalue weighted by molar-refractivity contribution is 7.13. The van der Waals surface area contributed by atoms with Gasteiger partial charge >= 0.3 is 5.97 Å². The molecule has 2 aromatic heterocycles. The molecule has 0 atom stereocenters. The fourth-order valence-corrected chi connectivity index (χ4v) is 2.83. The molecule has 0 saturated heterocycles. The molecule has 1 aromatic carbocycles. The van der Waals surface area contributed by atoms with Gasteiger partial charge < -0.3 is 9.15 Å². The Morgan fingerprint density at radius 2 is 1.96 bits per heavy atom. The Kier molecular flexibility index (Phi) is 5.23. The number of aromatic nitrogens is 1. The summed E-state index contributed by atoms with van der Waals surface area (Å²) in [4.78, 5) is 39.5. The third-order valence-corrected chi connectivity index (χ3v) is 4.24. The number of thiazole rings is 1. The van der Waals surface area contributed by atoms with Crippen LogP contribution in [0.15, 0.2) is 52.5 Å². The van der Waals surface area contributed by atoms with Crippen LogP contribution < -0.4 is 5.32 Å². The van der Waals surface area contributed by atoms with E-state index in [1.54, 1.807) is 5.38 Å². The summed E-state index contributed by atoms with van der Waals surface area (Å²) in [7, 11) is 0. The topological polar surface area (TPSA) is 98.5 Å². The lowest BCUT2D eigenvalue weighted by Gasteiger charge is -2.03. The Bertz CT molecular complexity index is 929. The van der Waals surface area contributed by atoms with Gasteiger partial charge in [-0.3, -0.25) is 14.9 Å². The van der Waals surface area contributed by atoms with Crippen LogP contribution in [-0.2, 0) is 9.53 Å². The molecular formula is C18H14N2O5S. The van der Waals surface area contributed by atoms with Gasteiger partial charge in [-0.15, -0.1) is 11.3 Å². The van der Waals surface area contributed by atoms with Crippen molar-refractivity contribution in [2.75, 3.05) is 6.61 Å². The van der Waals surface area contributed by atoms with E-state index < -0.39 is 24.4 Å². The Labute approximate surface area is 152 Å². The van der Waals surface area contributed by atoms with Crippen molar-refractivity contribution in [3.63, 3.8) is 0 Å². The lowest BCUT2D eigenvalue weighted by molar-refractivity contribution is -0.123. The lowest BCUT2D eigenvalue weighted by atomic mass is 10.2. The fraction of sp³-hybridized carbons (Fsp3) is 0.111. The number of aryl methyl sites for hydroxylation is 1. The normalized spacial score (nSPS) is 10.3. The highest BCUT2D eigenvalue weighted by atomic mass is 32.1. The maximum atomic E-state index is 12.0. The van der Waals surface area contributed by atoms with Crippen LogP contribution in [0.5, 0.6) is 0 Å². The van der Waals surface area contributed by atoms with Gasteiger partial charge in [-0.25, -0.2) is 9.78 Å². The minimum Gasteiger partial charge on any atom is -0.459 e. The summed E-state index contributed by atoms with van der Waals surface area (Å²) in [6.07, 6.45) is 1.31. The predicted octanol–water partition coefficient (Wildman–Crippen LogP) is 2.82. The van der Waals surface area contributed by atoms with Crippen LogP contribution in [0, 0.1) is 6.92 Å². The molecule has 2 heterocycles. The molecule has 3 rings (SSSR count). The number of nitrogens with zero attached hydrogens (tertiary/aromatic N) is 1. The molecule has 132 valence electrons. The fourth-order valence-electron chi connectivity index (χ4n) is 2.03. The second kappa shape index (κ2) is 7.75. The molecule has 0 spiro atoms. The zero-order chi connectivity index (χ0) is 18.5. The van der Waals surface area contributed by atoms with Crippen LogP contribution in [0.2, 0.25) is 0 Å². The molecule has 0 aliphatic heterocycles. The third-order valence-electron chi connectivity index (χ3n) is 3.34. The molecule has 2 amide bonds. The number of ether oxygens (including phenoxy) is 1.